The molecule has 1 aliphatic carbocycles. The number of esters is 4. The maximum atomic E-state index is 12.0. The van der Waals surface area contributed by atoms with Crippen molar-refractivity contribution >= 4 is 23.9 Å². The summed E-state index contributed by atoms with van der Waals surface area (Å²) in [5.41, 5.74) is 0. The summed E-state index contributed by atoms with van der Waals surface area (Å²) < 4.78 is 26.6. The fourth-order valence-electron chi connectivity index (χ4n) is 4.33. The lowest BCUT2D eigenvalue weighted by atomic mass is 9.85. The van der Waals surface area contributed by atoms with Crippen molar-refractivity contribution in [2.24, 2.45) is 0 Å². The second kappa shape index (κ2) is 12.5. The van der Waals surface area contributed by atoms with Crippen molar-refractivity contribution in [1.29, 1.82) is 0 Å². The number of nitro groups is 2. The molecule has 0 aromatic carbocycles. The van der Waals surface area contributed by atoms with Crippen LogP contribution in [0.2, 0.25) is 0 Å². The highest BCUT2D eigenvalue weighted by Crippen LogP contribution is 2.31. The minimum atomic E-state index is -1.51. The predicted molar refractivity (Wildman–Crippen MR) is 114 cm³/mol. The summed E-state index contributed by atoms with van der Waals surface area (Å²) in [5, 5.41) is 25.8. The van der Waals surface area contributed by atoms with Gasteiger partial charge in [0.25, 0.3) is 0 Å². The van der Waals surface area contributed by atoms with Crippen LogP contribution in [-0.4, -0.2) is 89.1 Å². The van der Waals surface area contributed by atoms with Gasteiger partial charge in [0.15, 0.2) is 12.2 Å². The topological polar surface area (TPSA) is 213 Å². The van der Waals surface area contributed by atoms with E-state index in [0.717, 1.165) is 27.7 Å². The van der Waals surface area contributed by atoms with E-state index in [4.69, 9.17) is 23.7 Å². The molecule has 1 aliphatic heterocycles. The van der Waals surface area contributed by atoms with Gasteiger partial charge in [0, 0.05) is 44.0 Å². The molecule has 0 unspecified atom stereocenters. The Bertz CT molecular complexity index is 881. The normalized spacial score (nSPS) is 32.0. The van der Waals surface area contributed by atoms with Gasteiger partial charge < -0.3 is 23.7 Å². The van der Waals surface area contributed by atoms with Crippen LogP contribution in [-0.2, 0) is 42.9 Å². The van der Waals surface area contributed by atoms with Gasteiger partial charge in [-0.05, 0) is 6.42 Å². The Labute approximate surface area is 205 Å². The zero-order valence-electron chi connectivity index (χ0n) is 20.1. The maximum Gasteiger partial charge on any atom is 0.304 e. The third-order valence-corrected chi connectivity index (χ3v) is 5.75. The van der Waals surface area contributed by atoms with Crippen molar-refractivity contribution in [1.82, 2.24) is 5.32 Å². The summed E-state index contributed by atoms with van der Waals surface area (Å²) >= 11 is 0. The first-order valence-electron chi connectivity index (χ1n) is 11.1. The maximum absolute atomic E-state index is 12.0. The second-order valence-electron chi connectivity index (χ2n) is 8.51. The highest BCUT2D eigenvalue weighted by molar-refractivity contribution is 5.68. The monoisotopic (exact) mass is 519 g/mol. The van der Waals surface area contributed by atoms with Gasteiger partial charge in [-0.2, -0.15) is 0 Å². The first-order chi connectivity index (χ1) is 16.8. The van der Waals surface area contributed by atoms with E-state index in [1.807, 2.05) is 0 Å². The number of hydrogen-bond acceptors (Lipinski definition) is 14. The fraction of sp³-hybridized carbons (Fsp3) is 0.800. The molecule has 0 radical (unpaired) electrons. The zero-order valence-corrected chi connectivity index (χ0v) is 20.1. The van der Waals surface area contributed by atoms with Gasteiger partial charge in [0.1, 0.15) is 18.8 Å². The summed E-state index contributed by atoms with van der Waals surface area (Å²) in [5.74, 6) is -3.12. The number of carbonyl (C=O) groups excluding carboxylic acids is 4. The van der Waals surface area contributed by atoms with Crippen molar-refractivity contribution < 1.29 is 52.7 Å². The van der Waals surface area contributed by atoms with Crippen LogP contribution < -0.4 is 5.32 Å². The molecule has 2 aliphatic rings. The van der Waals surface area contributed by atoms with Crippen LogP contribution >= 0.6 is 0 Å². The Kier molecular flexibility index (Phi) is 10.0. The third-order valence-electron chi connectivity index (χ3n) is 5.75. The van der Waals surface area contributed by atoms with Gasteiger partial charge in [-0.3, -0.25) is 44.7 Å². The van der Waals surface area contributed by atoms with Gasteiger partial charge in [0.05, 0.1) is 12.5 Å². The Morgan fingerprint density at radius 3 is 1.94 bits per heavy atom. The number of carbonyl (C=O) groups is 4. The molecule has 0 aromatic heterocycles. The number of nitrogens with zero attached hydrogens (tertiary/aromatic N) is 2. The molecule has 0 amide bonds. The molecule has 1 saturated heterocycles. The van der Waals surface area contributed by atoms with Crippen LogP contribution in [0.3, 0.4) is 0 Å². The number of nitrogens with one attached hydrogen (secondary N) is 1. The average molecular weight is 519 g/mol. The molecule has 0 aromatic rings. The van der Waals surface area contributed by atoms with E-state index >= 15 is 0 Å². The second-order valence-corrected chi connectivity index (χ2v) is 8.51. The molecular formula is C20H29N3O13. The van der Waals surface area contributed by atoms with Crippen LogP contribution in [0.5, 0.6) is 0 Å². The van der Waals surface area contributed by atoms with E-state index in [1.165, 1.54) is 0 Å². The Balaban J connectivity index is 2.45. The molecule has 36 heavy (non-hydrogen) atoms. The lowest BCUT2D eigenvalue weighted by Gasteiger charge is -2.46. The van der Waals surface area contributed by atoms with Gasteiger partial charge in [0.2, 0.25) is 18.4 Å². The van der Waals surface area contributed by atoms with E-state index in [1.54, 1.807) is 0 Å². The van der Waals surface area contributed by atoms with E-state index in [9.17, 15) is 39.4 Å². The zero-order chi connectivity index (χ0) is 27.2. The number of rotatable bonds is 9. The van der Waals surface area contributed by atoms with Crippen LogP contribution in [0, 0.1) is 20.2 Å². The summed E-state index contributed by atoms with van der Waals surface area (Å²) in [6.45, 7) is 3.89. The van der Waals surface area contributed by atoms with E-state index < -0.39 is 89.1 Å². The van der Waals surface area contributed by atoms with Gasteiger partial charge in [-0.1, -0.05) is 0 Å². The highest BCUT2D eigenvalue weighted by atomic mass is 16.7. The molecule has 2 rings (SSSR count). The van der Waals surface area contributed by atoms with Crippen LogP contribution in [0.4, 0.5) is 0 Å². The van der Waals surface area contributed by atoms with Gasteiger partial charge in [-0.25, -0.2) is 0 Å². The van der Waals surface area contributed by atoms with Crippen molar-refractivity contribution in [2.75, 3.05) is 6.61 Å². The quantitative estimate of drug-likeness (QED) is 0.176. The first-order valence-corrected chi connectivity index (χ1v) is 11.1. The smallest absolute Gasteiger partial charge is 0.304 e. The predicted octanol–water partition coefficient (Wildman–Crippen LogP) is -0.498. The van der Waals surface area contributed by atoms with Crippen LogP contribution in [0.1, 0.15) is 47.0 Å². The average Bonchev–Trinajstić information content (AvgIpc) is 2.75. The Morgan fingerprint density at radius 1 is 0.861 bits per heavy atom. The Morgan fingerprint density at radius 2 is 1.44 bits per heavy atom. The van der Waals surface area contributed by atoms with E-state index in [2.05, 4.69) is 5.32 Å². The minimum absolute atomic E-state index is 0.00246. The minimum Gasteiger partial charge on any atom is -0.463 e. The molecule has 202 valence electrons. The Hall–Kier alpha value is -3.40. The van der Waals surface area contributed by atoms with Gasteiger partial charge in [-0.15, -0.1) is 0 Å². The number of ether oxygens (including phenoxy) is 5. The highest BCUT2D eigenvalue weighted by Gasteiger charge is 2.54. The molecule has 0 spiro atoms. The third kappa shape index (κ3) is 7.81. The summed E-state index contributed by atoms with van der Waals surface area (Å²) in [7, 11) is 0. The van der Waals surface area contributed by atoms with Crippen LogP contribution in [0.15, 0.2) is 0 Å². The molecule has 16 heteroatoms. The molecule has 16 nitrogen and oxygen atoms in total. The first kappa shape index (κ1) is 28.8. The van der Waals surface area contributed by atoms with Crippen LogP contribution in [0.25, 0.3) is 0 Å². The van der Waals surface area contributed by atoms with Crippen molar-refractivity contribution in [3.8, 4) is 0 Å². The van der Waals surface area contributed by atoms with Crippen molar-refractivity contribution in [2.45, 2.75) is 95.7 Å². The molecule has 8 atom stereocenters. The summed E-state index contributed by atoms with van der Waals surface area (Å²) in [6.07, 6.45) is -5.83. The van der Waals surface area contributed by atoms with Crippen molar-refractivity contribution in [3.63, 3.8) is 0 Å². The molecule has 2 fully saturated rings. The summed E-state index contributed by atoms with van der Waals surface area (Å²) in [4.78, 5) is 68.7. The SMILES string of the molecule is CC(=O)OC[C@@H]1O[C@@H](OC(C)=O)[C@H](N[C@@H]2CC[C@H]([N+](=O)[O-])C[C@@H]2[N+](=O)[O-])[C@@H](OC(C)=O)[C@@H]1OC(C)=O. The molecule has 1 saturated carbocycles. The number of hydrogen-bond donors (Lipinski definition) is 1. The van der Waals surface area contributed by atoms with Gasteiger partial charge >= 0.3 is 23.9 Å². The standard InChI is InChI=1S/C20H29N3O13/c1-9(24)32-8-16-18(33-10(2)25)19(34-11(3)26)17(20(36-16)35-12(4)27)21-14-6-5-13(22(28)29)7-15(14)23(30)31/h13-21H,5-8H2,1-4H3/t13-,14+,15-,16-,17+,18+,19+,20+/m0/s1. The molecular weight excluding hydrogens is 490 g/mol. The van der Waals surface area contributed by atoms with Crippen molar-refractivity contribution in [3.05, 3.63) is 20.2 Å². The fourth-order valence-corrected chi connectivity index (χ4v) is 4.33. The van der Waals surface area contributed by atoms with E-state index in [0.29, 0.717) is 0 Å². The molecule has 1 heterocycles. The van der Waals surface area contributed by atoms with E-state index in [-0.39, 0.29) is 19.3 Å². The molecule has 0 bridgehead atoms. The summed E-state index contributed by atoms with van der Waals surface area (Å²) in [6, 6.07) is -4.76. The lowest BCUT2D eigenvalue weighted by Crippen LogP contribution is -2.69. The largest absolute Gasteiger partial charge is 0.463 e. The molecule has 1 N–H and O–H groups in total. The lowest BCUT2D eigenvalue weighted by molar-refractivity contribution is -0.570.